The fourth-order valence-corrected chi connectivity index (χ4v) is 3.00. The molecule has 0 unspecified atom stereocenters. The molecule has 0 bridgehead atoms. The largest absolute Gasteiger partial charge is 0.316 e. The molecule has 2 N–H and O–H groups in total. The van der Waals surface area contributed by atoms with Crippen molar-refractivity contribution in [2.45, 2.75) is 39.5 Å². The van der Waals surface area contributed by atoms with Gasteiger partial charge >= 0.3 is 0 Å². The van der Waals surface area contributed by atoms with Crippen LogP contribution in [0, 0.1) is 5.41 Å². The van der Waals surface area contributed by atoms with Crippen LogP contribution in [0.15, 0.2) is 24.3 Å². The lowest BCUT2D eigenvalue weighted by atomic mass is 9.91. The summed E-state index contributed by atoms with van der Waals surface area (Å²) in [5, 5.41) is 3.06. The van der Waals surface area contributed by atoms with Crippen LogP contribution in [0.5, 0.6) is 0 Å². The van der Waals surface area contributed by atoms with Crippen molar-refractivity contribution in [1.82, 2.24) is 10.0 Å². The van der Waals surface area contributed by atoms with Crippen LogP contribution < -0.4 is 10.0 Å². The van der Waals surface area contributed by atoms with E-state index in [-0.39, 0.29) is 11.2 Å². The molecule has 0 aliphatic heterocycles. The van der Waals surface area contributed by atoms with E-state index in [0.717, 1.165) is 24.1 Å². The van der Waals surface area contributed by atoms with Crippen molar-refractivity contribution in [1.29, 1.82) is 0 Å². The zero-order valence-corrected chi connectivity index (χ0v) is 13.7. The number of sulfonamides is 1. The Morgan fingerprint density at radius 1 is 1.10 bits per heavy atom. The molecule has 0 fully saturated rings. The third-order valence-corrected chi connectivity index (χ3v) is 4.79. The van der Waals surface area contributed by atoms with Crippen molar-refractivity contribution < 1.29 is 8.42 Å². The highest BCUT2D eigenvalue weighted by Gasteiger charge is 2.19. The molecule has 0 aromatic heterocycles. The Kier molecular flexibility index (Phi) is 6.17. The van der Waals surface area contributed by atoms with Crippen molar-refractivity contribution in [2.24, 2.45) is 5.41 Å². The zero-order chi connectivity index (χ0) is 15.2. The van der Waals surface area contributed by atoms with Crippen LogP contribution in [0.1, 0.15) is 38.3 Å². The Hall–Kier alpha value is -0.910. The quantitative estimate of drug-likeness (QED) is 0.774. The van der Waals surface area contributed by atoms with E-state index in [1.165, 1.54) is 0 Å². The molecule has 20 heavy (non-hydrogen) atoms. The molecule has 0 aliphatic rings. The second kappa shape index (κ2) is 7.20. The summed E-state index contributed by atoms with van der Waals surface area (Å²) in [6, 6.07) is 7.66. The molecular weight excluding hydrogens is 272 g/mol. The minimum absolute atomic E-state index is 0.0102. The standard InChI is InChI=1S/C15H26N2O2S/c1-5-15(2,3)12-17-20(18,19)11-14-8-6-13(7-9-14)10-16-4/h6-9,16-17H,5,10-12H2,1-4H3. The topological polar surface area (TPSA) is 58.2 Å². The van der Waals surface area contributed by atoms with Gasteiger partial charge in [0.15, 0.2) is 0 Å². The monoisotopic (exact) mass is 298 g/mol. The molecule has 0 saturated heterocycles. The molecule has 1 rings (SSSR count). The Morgan fingerprint density at radius 3 is 2.15 bits per heavy atom. The van der Waals surface area contributed by atoms with Crippen LogP contribution in [-0.2, 0) is 22.3 Å². The van der Waals surface area contributed by atoms with Crippen molar-refractivity contribution >= 4 is 10.0 Å². The molecule has 1 aromatic carbocycles. The molecule has 5 heteroatoms. The number of nitrogens with one attached hydrogen (secondary N) is 2. The van der Waals surface area contributed by atoms with Crippen LogP contribution in [0.25, 0.3) is 0 Å². The molecule has 0 atom stereocenters. The molecule has 4 nitrogen and oxygen atoms in total. The van der Waals surface area contributed by atoms with Crippen LogP contribution >= 0.6 is 0 Å². The molecule has 1 aromatic rings. The SMILES string of the molecule is CCC(C)(C)CNS(=O)(=O)Cc1ccc(CNC)cc1. The van der Waals surface area contributed by atoms with Gasteiger partial charge < -0.3 is 5.32 Å². The van der Waals surface area contributed by atoms with E-state index in [9.17, 15) is 8.42 Å². The van der Waals surface area contributed by atoms with Gasteiger partial charge in [-0.05, 0) is 30.0 Å². The van der Waals surface area contributed by atoms with Gasteiger partial charge in [0, 0.05) is 13.1 Å². The lowest BCUT2D eigenvalue weighted by molar-refractivity contribution is 0.350. The summed E-state index contributed by atoms with van der Waals surface area (Å²) in [6.07, 6.45) is 0.939. The Balaban J connectivity index is 2.62. The van der Waals surface area contributed by atoms with Crippen molar-refractivity contribution in [3.05, 3.63) is 35.4 Å². The molecule has 0 amide bonds. The lowest BCUT2D eigenvalue weighted by Crippen LogP contribution is -2.34. The summed E-state index contributed by atoms with van der Waals surface area (Å²) in [5.41, 5.74) is 1.95. The van der Waals surface area contributed by atoms with E-state index in [0.29, 0.717) is 6.54 Å². The van der Waals surface area contributed by atoms with Crippen molar-refractivity contribution in [2.75, 3.05) is 13.6 Å². The average Bonchev–Trinajstić information content (AvgIpc) is 2.39. The summed E-state index contributed by atoms with van der Waals surface area (Å²) in [6.45, 7) is 7.44. The van der Waals surface area contributed by atoms with Crippen molar-refractivity contribution in [3.63, 3.8) is 0 Å². The third-order valence-electron chi connectivity index (χ3n) is 3.49. The van der Waals surface area contributed by atoms with E-state index in [1.807, 2.05) is 31.3 Å². The first-order valence-electron chi connectivity index (χ1n) is 6.98. The van der Waals surface area contributed by atoms with Crippen LogP contribution in [0.2, 0.25) is 0 Å². The van der Waals surface area contributed by atoms with Gasteiger partial charge in [-0.15, -0.1) is 0 Å². The van der Waals surface area contributed by atoms with Gasteiger partial charge in [0.05, 0.1) is 5.75 Å². The average molecular weight is 298 g/mol. The van der Waals surface area contributed by atoms with Crippen LogP contribution in [0.3, 0.4) is 0 Å². The molecule has 0 aliphatic carbocycles. The molecule has 0 heterocycles. The first-order chi connectivity index (χ1) is 9.28. The summed E-state index contributed by atoms with van der Waals surface area (Å²) >= 11 is 0. The molecule has 0 spiro atoms. The van der Waals surface area contributed by atoms with Gasteiger partial charge in [-0.1, -0.05) is 45.0 Å². The Labute approximate surface area is 123 Å². The maximum absolute atomic E-state index is 12.0. The van der Waals surface area contributed by atoms with Crippen LogP contribution in [-0.4, -0.2) is 22.0 Å². The van der Waals surface area contributed by atoms with Gasteiger partial charge in [0.1, 0.15) is 0 Å². The zero-order valence-electron chi connectivity index (χ0n) is 12.9. The van der Waals surface area contributed by atoms with E-state index in [1.54, 1.807) is 0 Å². The smallest absolute Gasteiger partial charge is 0.215 e. The Bertz CT molecular complexity index is 507. The van der Waals surface area contributed by atoms with Gasteiger partial charge in [-0.3, -0.25) is 0 Å². The third kappa shape index (κ3) is 6.03. The highest BCUT2D eigenvalue weighted by atomic mass is 32.2. The Morgan fingerprint density at radius 2 is 1.65 bits per heavy atom. The van der Waals surface area contributed by atoms with E-state index >= 15 is 0 Å². The fourth-order valence-electron chi connectivity index (χ4n) is 1.66. The first kappa shape index (κ1) is 17.1. The molecule has 0 saturated carbocycles. The first-order valence-corrected chi connectivity index (χ1v) is 8.63. The second-order valence-electron chi connectivity index (χ2n) is 5.94. The maximum atomic E-state index is 12.0. The van der Waals surface area contributed by atoms with Gasteiger partial charge in [0.25, 0.3) is 0 Å². The summed E-state index contributed by atoms with van der Waals surface area (Å²) < 4.78 is 26.8. The lowest BCUT2D eigenvalue weighted by Gasteiger charge is -2.22. The summed E-state index contributed by atoms with van der Waals surface area (Å²) in [7, 11) is -1.38. The van der Waals surface area contributed by atoms with Crippen molar-refractivity contribution in [3.8, 4) is 0 Å². The predicted molar refractivity (Wildman–Crippen MR) is 83.9 cm³/mol. The van der Waals surface area contributed by atoms with Gasteiger partial charge in [-0.2, -0.15) is 0 Å². The van der Waals surface area contributed by atoms with E-state index < -0.39 is 10.0 Å². The molecular formula is C15H26N2O2S. The highest BCUT2D eigenvalue weighted by molar-refractivity contribution is 7.88. The number of hydrogen-bond donors (Lipinski definition) is 2. The number of benzene rings is 1. The minimum Gasteiger partial charge on any atom is -0.316 e. The predicted octanol–water partition coefficient (Wildman–Crippen LogP) is 2.26. The maximum Gasteiger partial charge on any atom is 0.215 e. The minimum atomic E-state index is -3.27. The van der Waals surface area contributed by atoms with E-state index in [2.05, 4.69) is 30.8 Å². The summed E-state index contributed by atoms with van der Waals surface area (Å²) in [5.74, 6) is 0.0344. The van der Waals surface area contributed by atoms with Gasteiger partial charge in [0.2, 0.25) is 10.0 Å². The summed E-state index contributed by atoms with van der Waals surface area (Å²) in [4.78, 5) is 0. The second-order valence-corrected chi connectivity index (χ2v) is 7.75. The molecule has 114 valence electrons. The number of rotatable bonds is 8. The fraction of sp³-hybridized carbons (Fsp3) is 0.600. The van der Waals surface area contributed by atoms with Gasteiger partial charge in [-0.25, -0.2) is 13.1 Å². The van der Waals surface area contributed by atoms with E-state index in [4.69, 9.17) is 0 Å². The highest BCUT2D eigenvalue weighted by Crippen LogP contribution is 2.18. The normalized spacial score (nSPS) is 12.6. The van der Waals surface area contributed by atoms with Crippen LogP contribution in [0.4, 0.5) is 0 Å². The number of hydrogen-bond acceptors (Lipinski definition) is 3. The molecule has 0 radical (unpaired) electrons.